The first-order valence-corrected chi connectivity index (χ1v) is 8.65. The van der Waals surface area contributed by atoms with Gasteiger partial charge >= 0.3 is 0 Å². The number of nitrogens with zero attached hydrogens (tertiary/aromatic N) is 1. The Labute approximate surface area is 138 Å². The van der Waals surface area contributed by atoms with Crippen molar-refractivity contribution in [3.8, 4) is 0 Å². The van der Waals surface area contributed by atoms with Crippen molar-refractivity contribution < 1.29 is 0 Å². The Morgan fingerprint density at radius 3 is 2.67 bits per heavy atom. The van der Waals surface area contributed by atoms with Gasteiger partial charge in [-0.25, -0.2) is 0 Å². The molecule has 0 bridgehead atoms. The van der Waals surface area contributed by atoms with Crippen LogP contribution in [0.2, 0.25) is 0 Å². The third kappa shape index (κ3) is 3.60. The summed E-state index contributed by atoms with van der Waals surface area (Å²) in [6.45, 7) is 2.11. The van der Waals surface area contributed by atoms with Gasteiger partial charge in [-0.3, -0.25) is 10.3 Å². The standard InChI is InChI=1S/C16H18BrN3S/c1-3-11-5-4-6-12(9-11)20(16(18)19)15-10-13(21-2)7-8-14(15)17/h4-10H,3H2,1-2H3,(H3,18,19). The van der Waals surface area contributed by atoms with Crippen LogP contribution < -0.4 is 10.6 Å². The quantitative estimate of drug-likeness (QED) is 0.467. The number of guanidine groups is 1. The normalized spacial score (nSPS) is 10.4. The fourth-order valence-electron chi connectivity index (χ4n) is 2.11. The van der Waals surface area contributed by atoms with E-state index in [9.17, 15) is 0 Å². The molecule has 3 N–H and O–H groups in total. The Morgan fingerprint density at radius 1 is 1.29 bits per heavy atom. The van der Waals surface area contributed by atoms with Crippen LogP contribution in [0, 0.1) is 5.41 Å². The fourth-order valence-corrected chi connectivity index (χ4v) is 2.97. The van der Waals surface area contributed by atoms with Gasteiger partial charge < -0.3 is 5.73 Å². The Hall–Kier alpha value is -1.46. The first kappa shape index (κ1) is 15.9. The number of hydrogen-bond donors (Lipinski definition) is 2. The summed E-state index contributed by atoms with van der Waals surface area (Å²) in [6.07, 6.45) is 2.98. The first-order valence-electron chi connectivity index (χ1n) is 6.63. The highest BCUT2D eigenvalue weighted by atomic mass is 79.9. The van der Waals surface area contributed by atoms with E-state index in [0.29, 0.717) is 0 Å². The van der Waals surface area contributed by atoms with Gasteiger partial charge in [0.25, 0.3) is 0 Å². The molecule has 2 rings (SSSR count). The molecular formula is C16H18BrN3S. The van der Waals surface area contributed by atoms with Crippen LogP contribution in [0.15, 0.2) is 51.8 Å². The van der Waals surface area contributed by atoms with E-state index < -0.39 is 0 Å². The van der Waals surface area contributed by atoms with Gasteiger partial charge in [0.2, 0.25) is 0 Å². The molecule has 21 heavy (non-hydrogen) atoms. The highest BCUT2D eigenvalue weighted by Crippen LogP contribution is 2.35. The maximum atomic E-state index is 7.95. The molecule has 0 saturated carbocycles. The van der Waals surface area contributed by atoms with Crippen molar-refractivity contribution in [1.82, 2.24) is 0 Å². The minimum absolute atomic E-state index is 0.00204. The van der Waals surface area contributed by atoms with E-state index in [2.05, 4.69) is 35.0 Å². The molecule has 0 amide bonds. The summed E-state index contributed by atoms with van der Waals surface area (Å²) >= 11 is 5.22. The summed E-state index contributed by atoms with van der Waals surface area (Å²) in [6, 6.07) is 14.2. The maximum absolute atomic E-state index is 7.95. The molecule has 110 valence electrons. The van der Waals surface area contributed by atoms with Crippen LogP contribution in [0.5, 0.6) is 0 Å². The monoisotopic (exact) mass is 363 g/mol. The maximum Gasteiger partial charge on any atom is 0.197 e. The van der Waals surface area contributed by atoms with E-state index in [4.69, 9.17) is 11.1 Å². The molecule has 0 aliphatic rings. The molecular weight excluding hydrogens is 346 g/mol. The van der Waals surface area contributed by atoms with Crippen molar-refractivity contribution in [3.05, 3.63) is 52.5 Å². The molecule has 0 atom stereocenters. The molecule has 0 heterocycles. The van der Waals surface area contributed by atoms with Crippen molar-refractivity contribution >= 4 is 45.0 Å². The van der Waals surface area contributed by atoms with Gasteiger partial charge in [0.15, 0.2) is 5.96 Å². The Balaban J connectivity index is 2.55. The lowest BCUT2D eigenvalue weighted by molar-refractivity contribution is 1.13. The SMILES string of the molecule is CCc1cccc(N(C(=N)N)c2cc(SC)ccc2Br)c1. The molecule has 3 nitrogen and oxygen atoms in total. The number of anilines is 2. The van der Waals surface area contributed by atoms with Crippen LogP contribution in [0.25, 0.3) is 0 Å². The number of thioether (sulfide) groups is 1. The van der Waals surface area contributed by atoms with Gasteiger partial charge in [-0.2, -0.15) is 0 Å². The van der Waals surface area contributed by atoms with Crippen LogP contribution >= 0.6 is 27.7 Å². The van der Waals surface area contributed by atoms with E-state index in [0.717, 1.165) is 27.2 Å². The van der Waals surface area contributed by atoms with Gasteiger partial charge in [-0.1, -0.05) is 19.1 Å². The molecule has 0 unspecified atom stereocenters. The third-order valence-corrected chi connectivity index (χ3v) is 4.61. The van der Waals surface area contributed by atoms with Crippen LogP contribution in [0.1, 0.15) is 12.5 Å². The fraction of sp³-hybridized carbons (Fsp3) is 0.188. The Kier molecular flexibility index (Phi) is 5.31. The predicted octanol–water partition coefficient (Wildman–Crippen LogP) is 4.76. The highest BCUT2D eigenvalue weighted by Gasteiger charge is 2.16. The highest BCUT2D eigenvalue weighted by molar-refractivity contribution is 9.10. The van der Waals surface area contributed by atoms with Crippen molar-refractivity contribution in [2.24, 2.45) is 5.73 Å². The van der Waals surface area contributed by atoms with Gasteiger partial charge in [0.1, 0.15) is 0 Å². The van der Waals surface area contributed by atoms with E-state index in [1.165, 1.54) is 5.56 Å². The van der Waals surface area contributed by atoms with Crippen molar-refractivity contribution in [3.63, 3.8) is 0 Å². The molecule has 0 aromatic heterocycles. The average Bonchev–Trinajstić information content (AvgIpc) is 2.49. The summed E-state index contributed by atoms with van der Waals surface area (Å²) < 4.78 is 0.914. The number of hydrogen-bond acceptors (Lipinski definition) is 2. The van der Waals surface area contributed by atoms with E-state index >= 15 is 0 Å². The summed E-state index contributed by atoms with van der Waals surface area (Å²) in [5.74, 6) is 0.00204. The molecule has 0 radical (unpaired) electrons. The number of benzene rings is 2. The summed E-state index contributed by atoms with van der Waals surface area (Å²) in [7, 11) is 0. The first-order chi connectivity index (χ1) is 10.1. The second kappa shape index (κ2) is 7.00. The van der Waals surface area contributed by atoms with Crippen molar-refractivity contribution in [2.45, 2.75) is 18.2 Å². The topological polar surface area (TPSA) is 53.1 Å². The molecule has 0 aliphatic heterocycles. The van der Waals surface area contributed by atoms with Gasteiger partial charge in [-0.15, -0.1) is 11.8 Å². The number of nitrogens with two attached hydrogens (primary N) is 1. The van der Waals surface area contributed by atoms with Gasteiger partial charge in [-0.05, 0) is 64.5 Å². The molecule has 5 heteroatoms. The van der Waals surface area contributed by atoms with Gasteiger partial charge in [0, 0.05) is 15.1 Å². The van der Waals surface area contributed by atoms with E-state index in [1.54, 1.807) is 16.7 Å². The largest absolute Gasteiger partial charge is 0.369 e. The van der Waals surface area contributed by atoms with Crippen molar-refractivity contribution in [2.75, 3.05) is 11.2 Å². The van der Waals surface area contributed by atoms with Crippen LogP contribution in [-0.2, 0) is 6.42 Å². The zero-order valence-corrected chi connectivity index (χ0v) is 14.5. The molecule has 2 aromatic carbocycles. The minimum Gasteiger partial charge on any atom is -0.369 e. The molecule has 0 saturated heterocycles. The second-order valence-corrected chi connectivity index (χ2v) is 6.30. The van der Waals surface area contributed by atoms with Crippen LogP contribution in [-0.4, -0.2) is 12.2 Å². The number of aryl methyl sites for hydroxylation is 1. The third-order valence-electron chi connectivity index (χ3n) is 3.21. The van der Waals surface area contributed by atoms with Crippen LogP contribution in [0.3, 0.4) is 0 Å². The minimum atomic E-state index is 0.00204. The second-order valence-electron chi connectivity index (χ2n) is 4.56. The predicted molar refractivity (Wildman–Crippen MR) is 95.8 cm³/mol. The Morgan fingerprint density at radius 2 is 2.05 bits per heavy atom. The van der Waals surface area contributed by atoms with Crippen LogP contribution in [0.4, 0.5) is 11.4 Å². The zero-order valence-electron chi connectivity index (χ0n) is 12.1. The number of nitrogens with one attached hydrogen (secondary N) is 1. The van der Waals surface area contributed by atoms with Crippen molar-refractivity contribution in [1.29, 1.82) is 5.41 Å². The average molecular weight is 364 g/mol. The number of halogens is 1. The number of rotatable bonds is 4. The van der Waals surface area contributed by atoms with Gasteiger partial charge in [0.05, 0.1) is 5.69 Å². The Bertz CT molecular complexity index is 658. The van der Waals surface area contributed by atoms with E-state index in [1.807, 2.05) is 36.6 Å². The lowest BCUT2D eigenvalue weighted by Gasteiger charge is -2.25. The molecule has 0 spiro atoms. The molecule has 2 aromatic rings. The lowest BCUT2D eigenvalue weighted by atomic mass is 10.1. The summed E-state index contributed by atoms with van der Waals surface area (Å²) in [4.78, 5) is 2.88. The zero-order chi connectivity index (χ0) is 15.4. The molecule has 0 fully saturated rings. The smallest absolute Gasteiger partial charge is 0.197 e. The lowest BCUT2D eigenvalue weighted by Crippen LogP contribution is -2.32. The summed E-state index contributed by atoms with van der Waals surface area (Å²) in [5.41, 5.74) is 8.83. The summed E-state index contributed by atoms with van der Waals surface area (Å²) in [5, 5.41) is 7.95. The molecule has 0 aliphatic carbocycles. The van der Waals surface area contributed by atoms with E-state index in [-0.39, 0.29) is 5.96 Å².